The molecule has 1 aliphatic rings. The largest absolute Gasteiger partial charge is 0.497 e. The highest BCUT2D eigenvalue weighted by molar-refractivity contribution is 6.30. The van der Waals surface area contributed by atoms with Crippen LogP contribution < -0.4 is 10.1 Å². The molecular formula is C25H29ClN4O3. The number of hydrogen-bond donors (Lipinski definition) is 1. The lowest BCUT2D eigenvalue weighted by Crippen LogP contribution is -2.43. The molecule has 8 heteroatoms. The van der Waals surface area contributed by atoms with Crippen molar-refractivity contribution >= 4 is 17.5 Å². The van der Waals surface area contributed by atoms with Crippen LogP contribution in [0.4, 0.5) is 0 Å². The quantitative estimate of drug-likeness (QED) is 0.470. The Labute approximate surface area is 199 Å². The molecule has 1 unspecified atom stereocenters. The van der Waals surface area contributed by atoms with Crippen LogP contribution in [-0.2, 0) is 17.8 Å². The summed E-state index contributed by atoms with van der Waals surface area (Å²) >= 11 is 6.05. The number of benzene rings is 2. The number of halogens is 1. The Balaban J connectivity index is 1.23. The second-order valence-corrected chi connectivity index (χ2v) is 8.78. The van der Waals surface area contributed by atoms with Crippen LogP contribution >= 0.6 is 11.6 Å². The van der Waals surface area contributed by atoms with Crippen molar-refractivity contribution in [1.82, 2.24) is 20.4 Å². The summed E-state index contributed by atoms with van der Waals surface area (Å²) in [6.07, 6.45) is 3.66. The Hall–Kier alpha value is -2.90. The topological polar surface area (TPSA) is 80.5 Å². The third kappa shape index (κ3) is 6.55. The lowest BCUT2D eigenvalue weighted by molar-refractivity contribution is -0.126. The van der Waals surface area contributed by atoms with Gasteiger partial charge in [-0.25, -0.2) is 0 Å². The standard InChI is InChI=1S/C25H29ClN4O3/c1-32-22-11-2-6-18(14-22)7-4-12-27-25(31)20-9-5-13-30(16-20)17-23-28-24(29-33-23)19-8-3-10-21(26)15-19/h2-3,6,8,10-11,14-15,20H,4-5,7,9,12-13,16-17H2,1H3,(H,27,31). The molecule has 1 aromatic heterocycles. The van der Waals surface area contributed by atoms with Crippen LogP contribution in [0.2, 0.25) is 5.02 Å². The van der Waals surface area contributed by atoms with E-state index in [0.29, 0.717) is 36.4 Å². The van der Waals surface area contributed by atoms with Crippen molar-refractivity contribution in [3.05, 3.63) is 65.0 Å². The van der Waals surface area contributed by atoms with Gasteiger partial charge in [-0.1, -0.05) is 41.0 Å². The fourth-order valence-corrected chi connectivity index (χ4v) is 4.34. The Morgan fingerprint density at radius 3 is 3.00 bits per heavy atom. The third-order valence-corrected chi connectivity index (χ3v) is 6.10. The molecule has 7 nitrogen and oxygen atoms in total. The first-order valence-corrected chi connectivity index (χ1v) is 11.7. The number of ether oxygens (including phenoxy) is 1. The molecule has 1 aliphatic heterocycles. The average Bonchev–Trinajstić information content (AvgIpc) is 3.30. The van der Waals surface area contributed by atoms with E-state index < -0.39 is 0 Å². The number of carbonyl (C=O) groups excluding carboxylic acids is 1. The molecule has 2 aromatic carbocycles. The maximum atomic E-state index is 12.7. The van der Waals surface area contributed by atoms with E-state index in [0.717, 1.165) is 43.5 Å². The van der Waals surface area contributed by atoms with Crippen LogP contribution in [0.3, 0.4) is 0 Å². The molecular weight excluding hydrogens is 440 g/mol. The van der Waals surface area contributed by atoms with E-state index in [4.69, 9.17) is 20.9 Å². The number of amides is 1. The van der Waals surface area contributed by atoms with Crippen LogP contribution in [-0.4, -0.2) is 47.7 Å². The zero-order valence-electron chi connectivity index (χ0n) is 18.8. The molecule has 1 N–H and O–H groups in total. The van der Waals surface area contributed by atoms with Crippen molar-refractivity contribution < 1.29 is 14.1 Å². The number of piperidine rings is 1. The number of aryl methyl sites for hydroxylation is 1. The van der Waals surface area contributed by atoms with E-state index >= 15 is 0 Å². The Bertz CT molecular complexity index is 1070. The number of hydrogen-bond acceptors (Lipinski definition) is 6. The van der Waals surface area contributed by atoms with Gasteiger partial charge in [0, 0.05) is 23.7 Å². The first-order valence-electron chi connectivity index (χ1n) is 11.3. The minimum Gasteiger partial charge on any atom is -0.497 e. The fraction of sp³-hybridized carbons (Fsp3) is 0.400. The van der Waals surface area contributed by atoms with Crippen LogP contribution in [0.15, 0.2) is 53.1 Å². The highest BCUT2D eigenvalue weighted by Gasteiger charge is 2.26. The van der Waals surface area contributed by atoms with E-state index in [-0.39, 0.29) is 11.8 Å². The van der Waals surface area contributed by atoms with E-state index in [1.54, 1.807) is 7.11 Å². The molecule has 33 heavy (non-hydrogen) atoms. The van der Waals surface area contributed by atoms with Crippen molar-refractivity contribution in [2.45, 2.75) is 32.2 Å². The summed E-state index contributed by atoms with van der Waals surface area (Å²) < 4.78 is 10.7. The number of carbonyl (C=O) groups is 1. The number of nitrogens with one attached hydrogen (secondary N) is 1. The number of likely N-dealkylation sites (tertiary alicyclic amines) is 1. The van der Waals surface area contributed by atoms with Gasteiger partial charge in [0.05, 0.1) is 19.6 Å². The van der Waals surface area contributed by atoms with Crippen molar-refractivity contribution in [3.8, 4) is 17.1 Å². The smallest absolute Gasteiger partial charge is 0.241 e. The minimum atomic E-state index is -0.0223. The van der Waals surface area contributed by atoms with Gasteiger partial charge >= 0.3 is 0 Å². The van der Waals surface area contributed by atoms with Crippen molar-refractivity contribution in [3.63, 3.8) is 0 Å². The second kappa shape index (κ2) is 11.3. The van der Waals surface area contributed by atoms with Gasteiger partial charge in [-0.2, -0.15) is 4.98 Å². The zero-order valence-corrected chi connectivity index (χ0v) is 19.6. The molecule has 0 saturated carbocycles. The van der Waals surface area contributed by atoms with Crippen molar-refractivity contribution in [2.75, 3.05) is 26.7 Å². The highest BCUT2D eigenvalue weighted by atomic mass is 35.5. The Kier molecular flexibility index (Phi) is 7.96. The fourth-order valence-electron chi connectivity index (χ4n) is 4.14. The van der Waals surface area contributed by atoms with Gasteiger partial charge in [0.1, 0.15) is 5.75 Å². The van der Waals surface area contributed by atoms with Gasteiger partial charge in [-0.15, -0.1) is 0 Å². The van der Waals surface area contributed by atoms with Gasteiger partial charge in [-0.3, -0.25) is 9.69 Å². The van der Waals surface area contributed by atoms with Gasteiger partial charge in [-0.05, 0) is 62.1 Å². The second-order valence-electron chi connectivity index (χ2n) is 8.34. The lowest BCUT2D eigenvalue weighted by Gasteiger charge is -2.30. The SMILES string of the molecule is COc1cccc(CCCNC(=O)C2CCCN(Cc3nc(-c4cccc(Cl)c4)no3)C2)c1. The summed E-state index contributed by atoms with van der Waals surface area (Å²) in [7, 11) is 1.67. The monoisotopic (exact) mass is 468 g/mol. The molecule has 1 saturated heterocycles. The number of methoxy groups -OCH3 is 1. The van der Waals surface area contributed by atoms with Crippen LogP contribution in [0.1, 0.15) is 30.7 Å². The maximum Gasteiger partial charge on any atom is 0.241 e. The van der Waals surface area contributed by atoms with Crippen LogP contribution in [0, 0.1) is 5.92 Å². The summed E-state index contributed by atoms with van der Waals surface area (Å²) in [6, 6.07) is 15.4. The molecule has 1 amide bonds. The Morgan fingerprint density at radius 2 is 2.15 bits per heavy atom. The molecule has 0 aliphatic carbocycles. The third-order valence-electron chi connectivity index (χ3n) is 5.86. The van der Waals surface area contributed by atoms with Crippen molar-refractivity contribution in [2.24, 2.45) is 5.92 Å². The molecule has 0 bridgehead atoms. The minimum absolute atomic E-state index is 0.0223. The summed E-state index contributed by atoms with van der Waals surface area (Å²) in [6.45, 7) is 2.80. The molecule has 3 aromatic rings. The first-order chi connectivity index (χ1) is 16.1. The van der Waals surface area contributed by atoms with E-state index in [1.165, 1.54) is 5.56 Å². The number of nitrogens with zero attached hydrogens (tertiary/aromatic N) is 3. The van der Waals surface area contributed by atoms with Gasteiger partial charge in [0.15, 0.2) is 0 Å². The highest BCUT2D eigenvalue weighted by Crippen LogP contribution is 2.22. The lowest BCUT2D eigenvalue weighted by atomic mass is 9.97. The summed E-state index contributed by atoms with van der Waals surface area (Å²) in [4.78, 5) is 19.4. The average molecular weight is 469 g/mol. The predicted octanol–water partition coefficient (Wildman–Crippen LogP) is 4.36. The molecule has 174 valence electrons. The van der Waals surface area contributed by atoms with Gasteiger partial charge in [0.2, 0.25) is 17.6 Å². The molecule has 1 atom stereocenters. The number of rotatable bonds is 9. The molecule has 1 fully saturated rings. The van der Waals surface area contributed by atoms with E-state index in [9.17, 15) is 4.79 Å². The van der Waals surface area contributed by atoms with Crippen LogP contribution in [0.25, 0.3) is 11.4 Å². The first kappa shape index (κ1) is 23.3. The zero-order chi connectivity index (χ0) is 23.0. The normalized spacial score (nSPS) is 16.5. The van der Waals surface area contributed by atoms with Crippen molar-refractivity contribution in [1.29, 1.82) is 0 Å². The molecule has 2 heterocycles. The summed E-state index contributed by atoms with van der Waals surface area (Å²) in [5, 5.41) is 7.81. The van der Waals surface area contributed by atoms with Gasteiger partial charge in [0.25, 0.3) is 0 Å². The van der Waals surface area contributed by atoms with E-state index in [1.807, 2.05) is 42.5 Å². The summed E-state index contributed by atoms with van der Waals surface area (Å²) in [5.41, 5.74) is 2.03. The predicted molar refractivity (Wildman–Crippen MR) is 127 cm³/mol. The maximum absolute atomic E-state index is 12.7. The molecule has 0 radical (unpaired) electrons. The van der Waals surface area contributed by atoms with Crippen LogP contribution in [0.5, 0.6) is 5.75 Å². The molecule has 0 spiro atoms. The number of aromatic nitrogens is 2. The van der Waals surface area contributed by atoms with E-state index in [2.05, 4.69) is 26.4 Å². The Morgan fingerprint density at radius 1 is 1.27 bits per heavy atom. The molecule has 4 rings (SSSR count). The van der Waals surface area contributed by atoms with Gasteiger partial charge < -0.3 is 14.6 Å². The summed E-state index contributed by atoms with van der Waals surface area (Å²) in [5.74, 6) is 2.03.